The molecule has 1 aliphatic heterocycles. The van der Waals surface area contributed by atoms with Gasteiger partial charge in [-0.15, -0.1) is 17.9 Å². The number of hydrogen-bond acceptors (Lipinski definition) is 13. The Hall–Kier alpha value is -4.97. The SMILES string of the molecule is C=C[C@@H]1C[C@]1(NC(=O)[C@@H]1C[C@@H](Oc2cc(-c3csc(NC(C)C)n3)nc3cc(OC)ccc23)CN1C(=O)[C@@H](NC(=O)OC(C)(C)C)C(C)(C)C)C(=O)NS(=O)(=O)C1CC1. The van der Waals surface area contributed by atoms with E-state index in [0.29, 0.717) is 46.6 Å². The van der Waals surface area contributed by atoms with E-state index < -0.39 is 79.7 Å². The summed E-state index contributed by atoms with van der Waals surface area (Å²) < 4.78 is 45.5. The van der Waals surface area contributed by atoms with Crippen LogP contribution in [-0.4, -0.2) is 101 Å². The molecule has 2 saturated carbocycles. The number of alkyl carbamates (subject to hydrolysis) is 1. The first-order chi connectivity index (χ1) is 27.5. The number of nitrogens with one attached hydrogen (secondary N) is 4. The van der Waals surface area contributed by atoms with Gasteiger partial charge in [0, 0.05) is 41.3 Å². The maximum Gasteiger partial charge on any atom is 0.408 e. The fourth-order valence-electron chi connectivity index (χ4n) is 7.05. The number of carbonyl (C=O) groups excluding carboxylic acids is 4. The second kappa shape index (κ2) is 16.2. The summed E-state index contributed by atoms with van der Waals surface area (Å²) in [6, 6.07) is 4.97. The Morgan fingerprint density at radius 1 is 1.05 bits per heavy atom. The van der Waals surface area contributed by atoms with Gasteiger partial charge < -0.3 is 35.1 Å². The normalized spacial score (nSPS) is 22.3. The lowest BCUT2D eigenvalue weighted by Crippen LogP contribution is -2.60. The molecule has 0 spiro atoms. The summed E-state index contributed by atoms with van der Waals surface area (Å²) in [6.07, 6.45) is 0.937. The molecule has 320 valence electrons. The average molecular weight is 854 g/mol. The number of benzene rings is 1. The third-order valence-corrected chi connectivity index (χ3v) is 12.9. The summed E-state index contributed by atoms with van der Waals surface area (Å²) in [6.45, 7) is 18.2. The molecule has 0 unspecified atom stereocenters. The molecule has 3 fully saturated rings. The van der Waals surface area contributed by atoms with Crippen LogP contribution in [0.2, 0.25) is 0 Å². The molecular weight excluding hydrogens is 799 g/mol. The van der Waals surface area contributed by atoms with Crippen molar-refractivity contribution in [2.75, 3.05) is 19.0 Å². The van der Waals surface area contributed by atoms with Gasteiger partial charge >= 0.3 is 6.09 Å². The molecule has 0 bridgehead atoms. The monoisotopic (exact) mass is 853 g/mol. The van der Waals surface area contributed by atoms with E-state index in [1.807, 2.05) is 25.3 Å². The Bertz CT molecular complexity index is 2240. The summed E-state index contributed by atoms with van der Waals surface area (Å²) in [5.74, 6) is -1.66. The third kappa shape index (κ3) is 9.91. The molecule has 3 aromatic rings. The number of rotatable bonds is 14. The second-order valence-electron chi connectivity index (χ2n) is 17.8. The molecule has 1 aromatic carbocycles. The molecule has 18 heteroatoms. The molecule has 4 N–H and O–H groups in total. The van der Waals surface area contributed by atoms with Gasteiger partial charge in [0.05, 0.1) is 30.1 Å². The number of fused-ring (bicyclic) bond motifs is 1. The van der Waals surface area contributed by atoms with E-state index in [9.17, 15) is 27.6 Å². The van der Waals surface area contributed by atoms with Gasteiger partial charge in [-0.1, -0.05) is 26.8 Å². The molecule has 3 heterocycles. The molecule has 5 atom stereocenters. The number of carbonyl (C=O) groups is 4. The first-order valence-corrected chi connectivity index (χ1v) is 22.1. The van der Waals surface area contributed by atoms with Crippen LogP contribution in [0.5, 0.6) is 11.5 Å². The summed E-state index contributed by atoms with van der Waals surface area (Å²) >= 11 is 1.44. The third-order valence-electron chi connectivity index (χ3n) is 10.3. The van der Waals surface area contributed by atoms with E-state index in [0.717, 1.165) is 5.13 Å². The topological polar surface area (TPSA) is 207 Å². The maximum absolute atomic E-state index is 14.7. The largest absolute Gasteiger partial charge is 0.497 e. The van der Waals surface area contributed by atoms with Gasteiger partial charge in [-0.25, -0.2) is 23.2 Å². The Morgan fingerprint density at radius 3 is 2.36 bits per heavy atom. The fourth-order valence-corrected chi connectivity index (χ4v) is 9.27. The standard InChI is InChI=1S/C41H55N7O9S2/c1-11-23-19-41(23,36(51)47-59(53,54)26-13-14-26)46-34(49)31-17-25(20-48(31)35(50)33(39(4,5)6)45-38(52)57-40(7,8)9)56-32-18-29(30-21-58-37(44-30)42-22(2)3)43-28-16-24(55-10)12-15-27(28)32/h11-12,15-16,18,21-23,25-26,31,33H,1,13-14,17,19-20H2,2-10H3,(H,42,44)(H,45,52)(H,46,49)(H,47,51)/t23-,25-,31+,33-,41-/m1/s1. The Morgan fingerprint density at radius 2 is 1.76 bits per heavy atom. The number of pyridine rings is 1. The van der Waals surface area contributed by atoms with Crippen LogP contribution in [0.15, 0.2) is 42.3 Å². The number of amides is 4. The van der Waals surface area contributed by atoms with Gasteiger partial charge in [0.25, 0.3) is 5.91 Å². The lowest BCUT2D eigenvalue weighted by molar-refractivity contribution is -0.143. The van der Waals surface area contributed by atoms with Crippen molar-refractivity contribution < 1.29 is 41.8 Å². The lowest BCUT2D eigenvalue weighted by Gasteiger charge is -2.36. The van der Waals surface area contributed by atoms with Crippen LogP contribution in [0, 0.1) is 11.3 Å². The lowest BCUT2D eigenvalue weighted by atomic mass is 9.85. The van der Waals surface area contributed by atoms with Crippen LogP contribution >= 0.6 is 11.3 Å². The molecular formula is C41H55N7O9S2. The average Bonchev–Trinajstić information content (AvgIpc) is 4.03. The van der Waals surface area contributed by atoms with E-state index in [1.165, 1.54) is 22.3 Å². The number of ether oxygens (including phenoxy) is 3. The second-order valence-corrected chi connectivity index (χ2v) is 20.7. The highest BCUT2D eigenvalue weighted by molar-refractivity contribution is 7.91. The Balaban J connectivity index is 1.35. The summed E-state index contributed by atoms with van der Waals surface area (Å²) in [5.41, 5.74) is -1.57. The van der Waals surface area contributed by atoms with Crippen LogP contribution in [0.3, 0.4) is 0 Å². The number of nitrogens with zero attached hydrogens (tertiary/aromatic N) is 3. The van der Waals surface area contributed by atoms with Crippen LogP contribution < -0.4 is 30.1 Å². The smallest absolute Gasteiger partial charge is 0.408 e. The van der Waals surface area contributed by atoms with E-state index in [2.05, 4.69) is 27.3 Å². The van der Waals surface area contributed by atoms with E-state index >= 15 is 0 Å². The van der Waals surface area contributed by atoms with E-state index in [4.69, 9.17) is 24.2 Å². The minimum atomic E-state index is -3.93. The zero-order valence-electron chi connectivity index (χ0n) is 35.0. The van der Waals surface area contributed by atoms with Crippen LogP contribution in [0.25, 0.3) is 22.3 Å². The fraction of sp³-hybridized carbons (Fsp3) is 0.561. The van der Waals surface area contributed by atoms with Crippen LogP contribution in [0.4, 0.5) is 9.93 Å². The molecule has 16 nitrogen and oxygen atoms in total. The van der Waals surface area contributed by atoms with Gasteiger partial charge in [0.15, 0.2) is 5.13 Å². The summed E-state index contributed by atoms with van der Waals surface area (Å²) in [4.78, 5) is 66.9. The van der Waals surface area contributed by atoms with Crippen molar-refractivity contribution in [3.05, 3.63) is 42.3 Å². The maximum atomic E-state index is 14.7. The first-order valence-electron chi connectivity index (χ1n) is 19.7. The van der Waals surface area contributed by atoms with Crippen molar-refractivity contribution in [1.82, 2.24) is 30.2 Å². The molecule has 2 aromatic heterocycles. The summed E-state index contributed by atoms with van der Waals surface area (Å²) in [5, 5.41) is 11.4. The zero-order valence-corrected chi connectivity index (χ0v) is 36.6. The summed E-state index contributed by atoms with van der Waals surface area (Å²) in [7, 11) is -2.37. The number of likely N-dealkylation sites (tertiary alicyclic amines) is 1. The van der Waals surface area contributed by atoms with Crippen molar-refractivity contribution in [2.45, 2.75) is 122 Å². The molecule has 3 aliphatic rings. The number of sulfonamides is 1. The van der Waals surface area contributed by atoms with E-state index in [1.54, 1.807) is 66.9 Å². The minimum Gasteiger partial charge on any atom is -0.497 e. The minimum absolute atomic E-state index is 0.00777. The Labute approximate surface area is 349 Å². The molecule has 1 saturated heterocycles. The molecule has 59 heavy (non-hydrogen) atoms. The van der Waals surface area contributed by atoms with Gasteiger partial charge in [0.1, 0.15) is 46.5 Å². The van der Waals surface area contributed by atoms with Crippen molar-refractivity contribution in [1.29, 1.82) is 0 Å². The van der Waals surface area contributed by atoms with Gasteiger partial charge in [0.2, 0.25) is 21.8 Å². The van der Waals surface area contributed by atoms with Gasteiger partial charge in [-0.3, -0.25) is 19.1 Å². The van der Waals surface area contributed by atoms with E-state index in [-0.39, 0.29) is 25.4 Å². The van der Waals surface area contributed by atoms with Crippen molar-refractivity contribution >= 4 is 61.2 Å². The highest BCUT2D eigenvalue weighted by Gasteiger charge is 2.62. The number of thiazole rings is 1. The van der Waals surface area contributed by atoms with Gasteiger partial charge in [-0.05, 0) is 71.4 Å². The molecule has 6 rings (SSSR count). The number of methoxy groups -OCH3 is 1. The zero-order chi connectivity index (χ0) is 43.2. The quantitative estimate of drug-likeness (QED) is 0.156. The molecule has 0 radical (unpaired) electrons. The number of hydrogen-bond donors (Lipinski definition) is 4. The highest BCUT2D eigenvalue weighted by Crippen LogP contribution is 2.46. The first kappa shape index (κ1) is 43.6. The highest BCUT2D eigenvalue weighted by atomic mass is 32.2. The van der Waals surface area contributed by atoms with Crippen molar-refractivity contribution in [3.8, 4) is 22.9 Å². The number of aromatic nitrogens is 2. The van der Waals surface area contributed by atoms with Crippen LogP contribution in [-0.2, 0) is 29.1 Å². The Kier molecular flexibility index (Phi) is 12.0. The van der Waals surface area contributed by atoms with Gasteiger partial charge in [-0.2, -0.15) is 0 Å². The van der Waals surface area contributed by atoms with Crippen molar-refractivity contribution in [2.24, 2.45) is 11.3 Å². The number of anilines is 1. The van der Waals surface area contributed by atoms with Crippen molar-refractivity contribution in [3.63, 3.8) is 0 Å². The predicted octanol–water partition coefficient (Wildman–Crippen LogP) is 5.14. The molecule has 4 amide bonds. The molecule has 2 aliphatic carbocycles. The predicted molar refractivity (Wildman–Crippen MR) is 225 cm³/mol. The van der Waals surface area contributed by atoms with Crippen LogP contribution in [0.1, 0.15) is 81.1 Å².